The second-order valence-electron chi connectivity index (χ2n) is 5.59. The first-order valence-electron chi connectivity index (χ1n) is 6.67. The van der Waals surface area contributed by atoms with Crippen molar-refractivity contribution in [2.24, 2.45) is 0 Å². The minimum atomic E-state index is -0.784. The molecule has 0 aromatic carbocycles. The quantitative estimate of drug-likeness (QED) is 0.713. The molecule has 0 aromatic heterocycles. The Morgan fingerprint density at radius 1 is 1.41 bits per heavy atom. The lowest BCUT2D eigenvalue weighted by atomic mass is 9.95. The van der Waals surface area contributed by atoms with Gasteiger partial charge in [0.25, 0.3) is 0 Å². The van der Waals surface area contributed by atoms with Crippen molar-refractivity contribution in [3.63, 3.8) is 0 Å². The number of carbonyl (C=O) groups is 1. The van der Waals surface area contributed by atoms with Crippen molar-refractivity contribution in [1.82, 2.24) is 10.2 Å². The SMILES string of the molecule is CC(C)NC(C)(CCCN1CCCC1)C(=O)O. The lowest BCUT2D eigenvalue weighted by Gasteiger charge is -2.29. The standard InChI is InChI=1S/C13H26N2O2/c1-11(2)14-13(3,12(16)17)7-6-10-15-8-4-5-9-15/h11,14H,4-10H2,1-3H3,(H,16,17). The van der Waals surface area contributed by atoms with E-state index < -0.39 is 11.5 Å². The molecule has 0 spiro atoms. The summed E-state index contributed by atoms with van der Waals surface area (Å²) in [6, 6.07) is 0.197. The van der Waals surface area contributed by atoms with Crippen LogP contribution in [0.2, 0.25) is 0 Å². The van der Waals surface area contributed by atoms with Crippen LogP contribution >= 0.6 is 0 Å². The van der Waals surface area contributed by atoms with E-state index in [1.54, 1.807) is 6.92 Å². The lowest BCUT2D eigenvalue weighted by Crippen LogP contribution is -2.52. The van der Waals surface area contributed by atoms with E-state index in [1.807, 2.05) is 13.8 Å². The second-order valence-corrected chi connectivity index (χ2v) is 5.59. The van der Waals surface area contributed by atoms with Gasteiger partial charge in [0.2, 0.25) is 0 Å². The maximum atomic E-state index is 11.3. The third-order valence-corrected chi connectivity index (χ3v) is 3.43. The highest BCUT2D eigenvalue weighted by Crippen LogP contribution is 2.16. The Morgan fingerprint density at radius 3 is 2.47 bits per heavy atom. The molecule has 1 heterocycles. The fourth-order valence-corrected chi connectivity index (χ4v) is 2.54. The topological polar surface area (TPSA) is 52.6 Å². The van der Waals surface area contributed by atoms with E-state index in [9.17, 15) is 9.90 Å². The minimum absolute atomic E-state index is 0.197. The van der Waals surface area contributed by atoms with Crippen molar-refractivity contribution < 1.29 is 9.90 Å². The van der Waals surface area contributed by atoms with Gasteiger partial charge in [0.15, 0.2) is 0 Å². The molecule has 0 aromatic rings. The summed E-state index contributed by atoms with van der Waals surface area (Å²) in [6.45, 7) is 9.16. The lowest BCUT2D eigenvalue weighted by molar-refractivity contribution is -0.144. The highest BCUT2D eigenvalue weighted by molar-refractivity contribution is 5.78. The monoisotopic (exact) mass is 242 g/mol. The Kier molecular flexibility index (Phi) is 5.40. The maximum Gasteiger partial charge on any atom is 0.323 e. The smallest absolute Gasteiger partial charge is 0.323 e. The highest BCUT2D eigenvalue weighted by Gasteiger charge is 2.32. The van der Waals surface area contributed by atoms with Gasteiger partial charge in [-0.25, -0.2) is 0 Å². The van der Waals surface area contributed by atoms with Crippen molar-refractivity contribution in [2.45, 2.75) is 58.0 Å². The predicted molar refractivity (Wildman–Crippen MR) is 69.2 cm³/mol. The first-order chi connectivity index (χ1) is 7.94. The Labute approximate surface area is 104 Å². The molecule has 0 radical (unpaired) electrons. The van der Waals surface area contributed by atoms with Crippen LogP contribution in [0.4, 0.5) is 0 Å². The van der Waals surface area contributed by atoms with Crippen LogP contribution in [0.15, 0.2) is 0 Å². The van der Waals surface area contributed by atoms with E-state index in [0.29, 0.717) is 6.42 Å². The van der Waals surface area contributed by atoms with Gasteiger partial charge in [0.1, 0.15) is 5.54 Å². The largest absolute Gasteiger partial charge is 0.480 e. The summed E-state index contributed by atoms with van der Waals surface area (Å²) < 4.78 is 0. The van der Waals surface area contributed by atoms with Crippen molar-refractivity contribution in [3.8, 4) is 0 Å². The number of nitrogens with one attached hydrogen (secondary N) is 1. The third-order valence-electron chi connectivity index (χ3n) is 3.43. The third kappa shape index (κ3) is 4.64. The number of carboxylic acids is 1. The van der Waals surface area contributed by atoms with Crippen molar-refractivity contribution in [1.29, 1.82) is 0 Å². The fourth-order valence-electron chi connectivity index (χ4n) is 2.54. The van der Waals surface area contributed by atoms with Gasteiger partial charge in [0.05, 0.1) is 0 Å². The molecule has 4 heteroatoms. The van der Waals surface area contributed by atoms with Gasteiger partial charge in [-0.05, 0) is 66.1 Å². The zero-order chi connectivity index (χ0) is 12.9. The van der Waals surface area contributed by atoms with E-state index in [1.165, 1.54) is 25.9 Å². The molecular formula is C13H26N2O2. The molecule has 1 fully saturated rings. The van der Waals surface area contributed by atoms with Crippen molar-refractivity contribution in [2.75, 3.05) is 19.6 Å². The van der Waals surface area contributed by atoms with E-state index in [-0.39, 0.29) is 6.04 Å². The van der Waals surface area contributed by atoms with Crippen molar-refractivity contribution >= 4 is 5.97 Å². The Bertz CT molecular complexity index is 250. The summed E-state index contributed by atoms with van der Waals surface area (Å²) in [5.74, 6) is -0.743. The molecule has 0 bridgehead atoms. The molecule has 1 rings (SSSR count). The van der Waals surface area contributed by atoms with E-state index in [4.69, 9.17) is 0 Å². The fraction of sp³-hybridized carbons (Fsp3) is 0.923. The van der Waals surface area contributed by atoms with Crippen LogP contribution in [-0.2, 0) is 4.79 Å². The summed E-state index contributed by atoms with van der Waals surface area (Å²) in [4.78, 5) is 13.7. The second kappa shape index (κ2) is 6.36. The molecule has 0 saturated carbocycles. The number of hydrogen-bond donors (Lipinski definition) is 2. The normalized spacial score (nSPS) is 20.7. The van der Waals surface area contributed by atoms with Crippen LogP contribution in [0, 0.1) is 0 Å². The molecule has 0 amide bonds. The van der Waals surface area contributed by atoms with Gasteiger partial charge in [-0.2, -0.15) is 0 Å². The number of carboxylic acid groups (broad SMARTS) is 1. The van der Waals surface area contributed by atoms with Crippen LogP contribution in [0.25, 0.3) is 0 Å². The average Bonchev–Trinajstić information content (AvgIpc) is 2.69. The Hall–Kier alpha value is -0.610. The molecule has 4 nitrogen and oxygen atoms in total. The predicted octanol–water partition coefficient (Wildman–Crippen LogP) is 1.70. The van der Waals surface area contributed by atoms with Gasteiger partial charge < -0.3 is 10.0 Å². The Morgan fingerprint density at radius 2 is 2.00 bits per heavy atom. The van der Waals surface area contributed by atoms with E-state index in [2.05, 4.69) is 10.2 Å². The summed E-state index contributed by atoms with van der Waals surface area (Å²) in [7, 11) is 0. The zero-order valence-corrected chi connectivity index (χ0v) is 11.3. The van der Waals surface area contributed by atoms with Crippen LogP contribution in [0.3, 0.4) is 0 Å². The van der Waals surface area contributed by atoms with Gasteiger partial charge in [0, 0.05) is 6.04 Å². The molecule has 1 atom stereocenters. The van der Waals surface area contributed by atoms with Crippen LogP contribution in [0.5, 0.6) is 0 Å². The number of nitrogens with zero attached hydrogens (tertiary/aromatic N) is 1. The number of likely N-dealkylation sites (tertiary alicyclic amines) is 1. The van der Waals surface area contributed by atoms with Gasteiger partial charge in [-0.3, -0.25) is 10.1 Å². The molecular weight excluding hydrogens is 216 g/mol. The number of aliphatic carboxylic acids is 1. The summed E-state index contributed by atoms with van der Waals surface area (Å²) >= 11 is 0. The molecule has 0 aliphatic carbocycles. The first kappa shape index (κ1) is 14.5. The average molecular weight is 242 g/mol. The summed E-state index contributed by atoms with van der Waals surface area (Å²) in [6.07, 6.45) is 4.22. The minimum Gasteiger partial charge on any atom is -0.480 e. The zero-order valence-electron chi connectivity index (χ0n) is 11.3. The van der Waals surface area contributed by atoms with Crippen molar-refractivity contribution in [3.05, 3.63) is 0 Å². The van der Waals surface area contributed by atoms with Crippen LogP contribution in [0.1, 0.15) is 46.5 Å². The molecule has 1 aliphatic heterocycles. The van der Waals surface area contributed by atoms with Crippen LogP contribution < -0.4 is 5.32 Å². The molecule has 1 aliphatic rings. The maximum absolute atomic E-state index is 11.3. The Balaban J connectivity index is 2.35. The first-order valence-corrected chi connectivity index (χ1v) is 6.67. The number of hydrogen-bond acceptors (Lipinski definition) is 3. The summed E-state index contributed by atoms with van der Waals surface area (Å²) in [5, 5.41) is 12.5. The van der Waals surface area contributed by atoms with Crippen LogP contribution in [-0.4, -0.2) is 47.2 Å². The van der Waals surface area contributed by atoms with Gasteiger partial charge >= 0.3 is 5.97 Å². The van der Waals surface area contributed by atoms with E-state index in [0.717, 1.165) is 13.0 Å². The molecule has 100 valence electrons. The highest BCUT2D eigenvalue weighted by atomic mass is 16.4. The molecule has 1 unspecified atom stereocenters. The molecule has 1 saturated heterocycles. The van der Waals surface area contributed by atoms with Gasteiger partial charge in [-0.1, -0.05) is 0 Å². The molecule has 2 N–H and O–H groups in total. The van der Waals surface area contributed by atoms with Gasteiger partial charge in [-0.15, -0.1) is 0 Å². The van der Waals surface area contributed by atoms with E-state index >= 15 is 0 Å². The molecule has 17 heavy (non-hydrogen) atoms. The number of rotatable bonds is 7. The summed E-state index contributed by atoms with van der Waals surface area (Å²) in [5.41, 5.74) is -0.784.